The van der Waals surface area contributed by atoms with Crippen molar-refractivity contribution in [1.29, 1.82) is 5.26 Å². The van der Waals surface area contributed by atoms with E-state index >= 15 is 0 Å². The Labute approximate surface area is 79.0 Å². The van der Waals surface area contributed by atoms with Crippen LogP contribution in [0.2, 0.25) is 0 Å². The lowest BCUT2D eigenvalue weighted by molar-refractivity contribution is 0.983. The third-order valence-corrected chi connectivity index (χ3v) is 1.65. The molecule has 1 rings (SSSR count). The van der Waals surface area contributed by atoms with Crippen LogP contribution in [-0.4, -0.2) is 0 Å². The molecule has 64 valence electrons. The highest BCUT2D eigenvalue weighted by Crippen LogP contribution is 2.04. The van der Waals surface area contributed by atoms with Crippen molar-refractivity contribution < 1.29 is 0 Å². The van der Waals surface area contributed by atoms with Crippen molar-refractivity contribution in [2.45, 2.75) is 19.8 Å². The molecule has 0 amide bonds. The Hall–Kier alpha value is -1.73. The molecule has 0 fully saturated rings. The number of hydrogen-bond acceptors (Lipinski definition) is 1. The first-order valence-electron chi connectivity index (χ1n) is 4.36. The molecular weight excluding hydrogens is 158 g/mol. The summed E-state index contributed by atoms with van der Waals surface area (Å²) < 4.78 is 0. The van der Waals surface area contributed by atoms with E-state index in [0.717, 1.165) is 18.4 Å². The summed E-state index contributed by atoms with van der Waals surface area (Å²) in [4.78, 5) is 0. The van der Waals surface area contributed by atoms with E-state index in [2.05, 4.69) is 24.8 Å². The molecule has 0 atom stereocenters. The van der Waals surface area contributed by atoms with Crippen LogP contribution in [-0.2, 0) is 0 Å². The van der Waals surface area contributed by atoms with Crippen LogP contribution in [0.15, 0.2) is 24.3 Å². The van der Waals surface area contributed by atoms with Gasteiger partial charge < -0.3 is 0 Å². The Bertz CT molecular complexity index is 374. The number of benzene rings is 1. The first kappa shape index (κ1) is 9.36. The van der Waals surface area contributed by atoms with Crippen LogP contribution in [0.4, 0.5) is 0 Å². The molecule has 0 aliphatic heterocycles. The normalized spacial score (nSPS) is 8.31. The maximum Gasteiger partial charge on any atom is 0.100 e. The van der Waals surface area contributed by atoms with Crippen molar-refractivity contribution in [2.75, 3.05) is 0 Å². The van der Waals surface area contributed by atoms with E-state index in [1.54, 1.807) is 6.07 Å². The summed E-state index contributed by atoms with van der Waals surface area (Å²) in [5, 5.41) is 8.76. The van der Waals surface area contributed by atoms with E-state index in [4.69, 9.17) is 5.26 Å². The van der Waals surface area contributed by atoms with Crippen LogP contribution in [0.25, 0.3) is 0 Å². The summed E-state index contributed by atoms with van der Waals surface area (Å²) in [6, 6.07) is 9.53. The smallest absolute Gasteiger partial charge is 0.100 e. The molecule has 0 bridgehead atoms. The predicted molar refractivity (Wildman–Crippen MR) is 52.9 cm³/mol. The molecule has 0 saturated heterocycles. The van der Waals surface area contributed by atoms with Crippen molar-refractivity contribution in [3.63, 3.8) is 0 Å². The SMILES string of the molecule is CCCC#Cc1ccccc1C#N. The average molecular weight is 169 g/mol. The topological polar surface area (TPSA) is 23.8 Å². The molecule has 0 aliphatic carbocycles. The Kier molecular flexibility index (Phi) is 3.61. The number of hydrogen-bond donors (Lipinski definition) is 0. The number of unbranched alkanes of at least 4 members (excludes halogenated alkanes) is 1. The van der Waals surface area contributed by atoms with E-state index in [1.165, 1.54) is 0 Å². The van der Waals surface area contributed by atoms with Crippen LogP contribution in [0.1, 0.15) is 30.9 Å². The van der Waals surface area contributed by atoms with Gasteiger partial charge in [-0.05, 0) is 18.6 Å². The van der Waals surface area contributed by atoms with Crippen LogP contribution in [0.5, 0.6) is 0 Å². The summed E-state index contributed by atoms with van der Waals surface area (Å²) in [6.07, 6.45) is 1.95. The molecule has 0 radical (unpaired) electrons. The highest BCUT2D eigenvalue weighted by molar-refractivity contribution is 5.47. The second kappa shape index (κ2) is 5.01. The van der Waals surface area contributed by atoms with Crippen molar-refractivity contribution in [2.24, 2.45) is 0 Å². The van der Waals surface area contributed by atoms with Gasteiger partial charge in [-0.3, -0.25) is 0 Å². The van der Waals surface area contributed by atoms with E-state index in [-0.39, 0.29) is 0 Å². The van der Waals surface area contributed by atoms with Gasteiger partial charge in [-0.2, -0.15) is 5.26 Å². The maximum absolute atomic E-state index is 8.76. The van der Waals surface area contributed by atoms with Crippen LogP contribution >= 0.6 is 0 Å². The first-order chi connectivity index (χ1) is 6.38. The lowest BCUT2D eigenvalue weighted by Gasteiger charge is -1.91. The van der Waals surface area contributed by atoms with Crippen LogP contribution in [0, 0.1) is 23.2 Å². The fourth-order valence-electron chi connectivity index (χ4n) is 0.972. The van der Waals surface area contributed by atoms with Gasteiger partial charge in [0.05, 0.1) is 5.56 Å². The minimum absolute atomic E-state index is 0.658. The van der Waals surface area contributed by atoms with E-state index in [0.29, 0.717) is 5.56 Å². The highest BCUT2D eigenvalue weighted by atomic mass is 14.2. The fourth-order valence-corrected chi connectivity index (χ4v) is 0.972. The summed E-state index contributed by atoms with van der Waals surface area (Å²) in [5.41, 5.74) is 1.49. The van der Waals surface area contributed by atoms with E-state index in [9.17, 15) is 0 Å². The Morgan fingerprint density at radius 2 is 1.92 bits per heavy atom. The van der Waals surface area contributed by atoms with Crippen molar-refractivity contribution in [1.82, 2.24) is 0 Å². The second-order valence-corrected chi connectivity index (χ2v) is 2.71. The van der Waals surface area contributed by atoms with Crippen molar-refractivity contribution in [3.8, 4) is 17.9 Å². The standard InChI is InChI=1S/C12H11N/c1-2-3-4-7-11-8-5-6-9-12(11)10-13/h5-6,8-9H,2-3H2,1H3. The second-order valence-electron chi connectivity index (χ2n) is 2.71. The van der Waals surface area contributed by atoms with Gasteiger partial charge in [0.1, 0.15) is 6.07 Å². The van der Waals surface area contributed by atoms with Crippen molar-refractivity contribution in [3.05, 3.63) is 35.4 Å². The summed E-state index contributed by atoms with van der Waals surface area (Å²) >= 11 is 0. The molecule has 1 nitrogen and oxygen atoms in total. The Morgan fingerprint density at radius 3 is 2.54 bits per heavy atom. The number of nitrogens with zero attached hydrogens (tertiary/aromatic N) is 1. The summed E-state index contributed by atoms with van der Waals surface area (Å²) in [6.45, 7) is 2.09. The van der Waals surface area contributed by atoms with Gasteiger partial charge in [-0.1, -0.05) is 30.9 Å². The quantitative estimate of drug-likeness (QED) is 0.593. The van der Waals surface area contributed by atoms with Crippen LogP contribution in [0.3, 0.4) is 0 Å². The van der Waals surface area contributed by atoms with Gasteiger partial charge in [0, 0.05) is 12.0 Å². The summed E-state index contributed by atoms with van der Waals surface area (Å²) in [5.74, 6) is 6.02. The molecule has 0 spiro atoms. The zero-order chi connectivity index (χ0) is 9.52. The molecular formula is C12H11N. The third-order valence-electron chi connectivity index (χ3n) is 1.65. The van der Waals surface area contributed by atoms with Gasteiger partial charge in [0.2, 0.25) is 0 Å². The zero-order valence-electron chi connectivity index (χ0n) is 7.67. The number of nitriles is 1. The monoisotopic (exact) mass is 169 g/mol. The third kappa shape index (κ3) is 2.65. The predicted octanol–water partition coefficient (Wildman–Crippen LogP) is 2.71. The lowest BCUT2D eigenvalue weighted by atomic mass is 10.1. The fraction of sp³-hybridized carbons (Fsp3) is 0.250. The van der Waals surface area contributed by atoms with Crippen LogP contribution < -0.4 is 0 Å². The Morgan fingerprint density at radius 1 is 1.23 bits per heavy atom. The molecule has 0 aromatic heterocycles. The molecule has 0 unspecified atom stereocenters. The minimum Gasteiger partial charge on any atom is -0.192 e. The largest absolute Gasteiger partial charge is 0.192 e. The first-order valence-corrected chi connectivity index (χ1v) is 4.36. The van der Waals surface area contributed by atoms with Gasteiger partial charge in [0.15, 0.2) is 0 Å². The molecule has 0 saturated carbocycles. The number of rotatable bonds is 1. The van der Waals surface area contributed by atoms with E-state index in [1.807, 2.05) is 18.2 Å². The molecule has 0 aliphatic rings. The molecule has 0 N–H and O–H groups in total. The van der Waals surface area contributed by atoms with Crippen molar-refractivity contribution >= 4 is 0 Å². The van der Waals surface area contributed by atoms with Gasteiger partial charge in [-0.25, -0.2) is 0 Å². The maximum atomic E-state index is 8.76. The molecule has 1 aromatic rings. The summed E-state index contributed by atoms with van der Waals surface area (Å²) in [7, 11) is 0. The molecule has 1 aromatic carbocycles. The average Bonchev–Trinajstić information content (AvgIpc) is 2.19. The van der Waals surface area contributed by atoms with E-state index < -0.39 is 0 Å². The minimum atomic E-state index is 0.658. The zero-order valence-corrected chi connectivity index (χ0v) is 7.67. The molecule has 13 heavy (non-hydrogen) atoms. The highest BCUT2D eigenvalue weighted by Gasteiger charge is 1.94. The van der Waals surface area contributed by atoms with Gasteiger partial charge in [0.25, 0.3) is 0 Å². The molecule has 0 heterocycles. The lowest BCUT2D eigenvalue weighted by Crippen LogP contribution is -1.81. The Balaban J connectivity index is 2.91. The molecule has 1 heteroatoms. The van der Waals surface area contributed by atoms with Gasteiger partial charge in [-0.15, -0.1) is 0 Å². The van der Waals surface area contributed by atoms with Gasteiger partial charge >= 0.3 is 0 Å².